The van der Waals surface area contributed by atoms with Gasteiger partial charge in [0.1, 0.15) is 5.75 Å². The number of carbonyl (C=O) groups is 2. The van der Waals surface area contributed by atoms with Crippen molar-refractivity contribution < 1.29 is 14.3 Å². The van der Waals surface area contributed by atoms with Gasteiger partial charge in [0.15, 0.2) is 0 Å². The van der Waals surface area contributed by atoms with Gasteiger partial charge < -0.3 is 14.5 Å². The zero-order valence-electron chi connectivity index (χ0n) is 18.2. The van der Waals surface area contributed by atoms with Crippen LogP contribution < -0.4 is 4.74 Å². The predicted molar refractivity (Wildman–Crippen MR) is 121 cm³/mol. The minimum atomic E-state index is -0.0641. The molecule has 6 heteroatoms. The number of para-hydroxylation sites is 1. The van der Waals surface area contributed by atoms with Crippen molar-refractivity contribution >= 4 is 22.7 Å². The van der Waals surface area contributed by atoms with Crippen LogP contribution in [-0.2, 0) is 0 Å². The number of rotatable bonds is 3. The average Bonchev–Trinajstić information content (AvgIpc) is 3.04. The smallest absolute Gasteiger partial charge is 0.257 e. The second-order valence-electron chi connectivity index (χ2n) is 7.96. The van der Waals surface area contributed by atoms with Gasteiger partial charge in [-0.1, -0.05) is 23.8 Å². The van der Waals surface area contributed by atoms with Crippen molar-refractivity contribution in [2.24, 2.45) is 0 Å². The summed E-state index contributed by atoms with van der Waals surface area (Å²) in [7, 11) is 1.57. The molecular formula is C25H27N3O3. The molecule has 6 nitrogen and oxygen atoms in total. The summed E-state index contributed by atoms with van der Waals surface area (Å²) in [4.78, 5) is 34.6. The Balaban J connectivity index is 1.52. The van der Waals surface area contributed by atoms with Crippen molar-refractivity contribution in [1.82, 2.24) is 14.8 Å². The Hall–Kier alpha value is -3.41. The van der Waals surface area contributed by atoms with Crippen LogP contribution in [0, 0.1) is 13.8 Å². The third kappa shape index (κ3) is 4.24. The fourth-order valence-corrected chi connectivity index (χ4v) is 4.09. The van der Waals surface area contributed by atoms with E-state index in [1.807, 2.05) is 49.1 Å². The third-order valence-electron chi connectivity index (χ3n) is 5.80. The van der Waals surface area contributed by atoms with E-state index in [-0.39, 0.29) is 11.8 Å². The van der Waals surface area contributed by atoms with Crippen molar-refractivity contribution in [3.05, 3.63) is 70.9 Å². The van der Waals surface area contributed by atoms with Crippen LogP contribution in [0.3, 0.4) is 0 Å². The number of aromatic nitrogens is 1. The Morgan fingerprint density at radius 2 is 1.55 bits per heavy atom. The topological polar surface area (TPSA) is 62.7 Å². The Morgan fingerprint density at radius 1 is 0.871 bits per heavy atom. The zero-order chi connectivity index (χ0) is 22.0. The molecule has 0 atom stereocenters. The van der Waals surface area contributed by atoms with Gasteiger partial charge in [0.2, 0.25) is 0 Å². The van der Waals surface area contributed by atoms with E-state index in [2.05, 4.69) is 11.1 Å². The van der Waals surface area contributed by atoms with Crippen LogP contribution >= 0.6 is 0 Å². The lowest BCUT2D eigenvalue weighted by molar-refractivity contribution is 0.0716. The van der Waals surface area contributed by atoms with E-state index < -0.39 is 0 Å². The van der Waals surface area contributed by atoms with E-state index in [0.29, 0.717) is 43.1 Å². The third-order valence-corrected chi connectivity index (χ3v) is 5.80. The number of carbonyl (C=O) groups excluding carboxylic acids is 2. The summed E-state index contributed by atoms with van der Waals surface area (Å²) in [6.07, 6.45) is 0.728. The van der Waals surface area contributed by atoms with Gasteiger partial charge >= 0.3 is 0 Å². The standard InChI is InChI=1S/C25H27N3O3/c1-17-9-10-22-19(15-17)16-21(18(2)26-22)25(30)28-12-6-11-27(13-14-28)24(29)20-7-4-5-8-23(20)31-3/h4-5,7-10,15-16H,6,11-14H2,1-3H3. The molecule has 0 unspecified atom stereocenters. The minimum absolute atomic E-state index is 0.0278. The fourth-order valence-electron chi connectivity index (χ4n) is 4.09. The van der Waals surface area contributed by atoms with Crippen LogP contribution in [0.25, 0.3) is 10.9 Å². The first kappa shape index (κ1) is 20.8. The van der Waals surface area contributed by atoms with Gasteiger partial charge in [0.25, 0.3) is 11.8 Å². The van der Waals surface area contributed by atoms with Crippen molar-refractivity contribution in [1.29, 1.82) is 0 Å². The molecule has 0 spiro atoms. The van der Waals surface area contributed by atoms with Crippen molar-refractivity contribution in [3.63, 3.8) is 0 Å². The molecular weight excluding hydrogens is 390 g/mol. The number of benzene rings is 2. The molecule has 0 saturated carbocycles. The highest BCUT2D eigenvalue weighted by atomic mass is 16.5. The quantitative estimate of drug-likeness (QED) is 0.649. The summed E-state index contributed by atoms with van der Waals surface area (Å²) in [5.41, 5.74) is 3.94. The lowest BCUT2D eigenvalue weighted by atomic mass is 10.1. The molecule has 1 saturated heterocycles. The highest BCUT2D eigenvalue weighted by Gasteiger charge is 2.26. The average molecular weight is 418 g/mol. The van der Waals surface area contributed by atoms with Crippen LogP contribution in [0.4, 0.5) is 0 Å². The molecule has 0 N–H and O–H groups in total. The normalized spacial score (nSPS) is 14.4. The van der Waals surface area contributed by atoms with Crippen molar-refractivity contribution in [2.75, 3.05) is 33.3 Å². The molecule has 1 aliphatic rings. The van der Waals surface area contributed by atoms with E-state index in [1.54, 1.807) is 24.1 Å². The summed E-state index contributed by atoms with van der Waals surface area (Å²) in [5.74, 6) is 0.476. The summed E-state index contributed by atoms with van der Waals surface area (Å²) in [6, 6.07) is 15.3. The summed E-state index contributed by atoms with van der Waals surface area (Å²) < 4.78 is 5.34. The van der Waals surface area contributed by atoms with Gasteiger partial charge in [-0.2, -0.15) is 0 Å². The Bertz CT molecular complexity index is 1140. The number of ether oxygens (including phenoxy) is 1. The van der Waals surface area contributed by atoms with E-state index in [9.17, 15) is 9.59 Å². The van der Waals surface area contributed by atoms with E-state index >= 15 is 0 Å². The lowest BCUT2D eigenvalue weighted by Crippen LogP contribution is -2.37. The molecule has 2 heterocycles. The summed E-state index contributed by atoms with van der Waals surface area (Å²) in [6.45, 7) is 6.10. The van der Waals surface area contributed by atoms with E-state index in [4.69, 9.17) is 4.74 Å². The SMILES string of the molecule is COc1ccccc1C(=O)N1CCCN(C(=O)c2cc3cc(C)ccc3nc2C)CC1. The highest BCUT2D eigenvalue weighted by molar-refractivity contribution is 5.99. The molecule has 0 aliphatic carbocycles. The Morgan fingerprint density at radius 3 is 2.26 bits per heavy atom. The first-order valence-electron chi connectivity index (χ1n) is 10.6. The van der Waals surface area contributed by atoms with Gasteiger partial charge in [-0.15, -0.1) is 0 Å². The molecule has 0 radical (unpaired) electrons. The van der Waals surface area contributed by atoms with Gasteiger partial charge in [0.05, 0.1) is 29.4 Å². The van der Waals surface area contributed by atoms with Crippen molar-refractivity contribution in [3.8, 4) is 5.75 Å². The highest BCUT2D eigenvalue weighted by Crippen LogP contribution is 2.22. The second kappa shape index (κ2) is 8.76. The number of amides is 2. The van der Waals surface area contributed by atoms with E-state index in [1.165, 1.54) is 0 Å². The lowest BCUT2D eigenvalue weighted by Gasteiger charge is -2.23. The molecule has 3 aromatic rings. The van der Waals surface area contributed by atoms with Gasteiger partial charge in [-0.3, -0.25) is 14.6 Å². The van der Waals surface area contributed by atoms with Gasteiger partial charge in [-0.25, -0.2) is 0 Å². The molecule has 2 amide bonds. The number of nitrogens with zero attached hydrogens (tertiary/aromatic N) is 3. The number of fused-ring (bicyclic) bond motifs is 1. The minimum Gasteiger partial charge on any atom is -0.496 e. The number of aryl methyl sites for hydroxylation is 2. The number of hydrogen-bond acceptors (Lipinski definition) is 4. The van der Waals surface area contributed by atoms with Crippen LogP contribution in [0.2, 0.25) is 0 Å². The van der Waals surface area contributed by atoms with Gasteiger partial charge in [0, 0.05) is 31.6 Å². The maximum atomic E-state index is 13.3. The first-order valence-corrected chi connectivity index (χ1v) is 10.6. The molecule has 1 aromatic heterocycles. The van der Waals surface area contributed by atoms with Crippen LogP contribution in [0.1, 0.15) is 38.4 Å². The largest absolute Gasteiger partial charge is 0.496 e. The predicted octanol–water partition coefficient (Wildman–Crippen LogP) is 3.85. The van der Waals surface area contributed by atoms with E-state index in [0.717, 1.165) is 28.6 Å². The maximum absolute atomic E-state index is 13.3. The molecule has 160 valence electrons. The zero-order valence-corrected chi connectivity index (χ0v) is 18.2. The number of pyridine rings is 1. The fraction of sp³-hybridized carbons (Fsp3) is 0.320. The molecule has 0 bridgehead atoms. The van der Waals surface area contributed by atoms with Crippen molar-refractivity contribution in [2.45, 2.75) is 20.3 Å². The summed E-state index contributed by atoms with van der Waals surface area (Å²) >= 11 is 0. The number of hydrogen-bond donors (Lipinski definition) is 0. The monoisotopic (exact) mass is 417 g/mol. The Kier molecular flexibility index (Phi) is 5.89. The van der Waals surface area contributed by atoms with Crippen LogP contribution in [-0.4, -0.2) is 59.9 Å². The molecule has 4 rings (SSSR count). The number of methoxy groups -OCH3 is 1. The second-order valence-corrected chi connectivity index (χ2v) is 7.96. The summed E-state index contributed by atoms with van der Waals surface area (Å²) in [5, 5.41) is 0.969. The van der Waals surface area contributed by atoms with Crippen LogP contribution in [0.15, 0.2) is 48.5 Å². The molecule has 1 aliphatic heterocycles. The van der Waals surface area contributed by atoms with Crippen LogP contribution in [0.5, 0.6) is 5.75 Å². The molecule has 2 aromatic carbocycles. The molecule has 31 heavy (non-hydrogen) atoms. The Labute approximate surface area is 182 Å². The van der Waals surface area contributed by atoms with Gasteiger partial charge in [-0.05, 0) is 50.6 Å². The maximum Gasteiger partial charge on any atom is 0.257 e. The molecule has 1 fully saturated rings. The first-order chi connectivity index (χ1) is 15.0.